The summed E-state index contributed by atoms with van der Waals surface area (Å²) in [7, 11) is 0. The van der Waals surface area contributed by atoms with Crippen LogP contribution >= 0.6 is 23.4 Å². The fourth-order valence-corrected chi connectivity index (χ4v) is 2.56. The van der Waals surface area contributed by atoms with Crippen molar-refractivity contribution in [1.29, 1.82) is 0 Å². The monoisotopic (exact) mass is 300 g/mol. The van der Waals surface area contributed by atoms with Crippen LogP contribution in [0, 0.1) is 11.6 Å². The minimum atomic E-state index is -1.06. The zero-order valence-corrected chi connectivity index (χ0v) is 11.4. The highest BCUT2D eigenvalue weighted by Crippen LogP contribution is 2.27. The number of halogens is 3. The molecule has 0 aliphatic rings. The van der Waals surface area contributed by atoms with Gasteiger partial charge in [-0.1, -0.05) is 23.7 Å². The van der Waals surface area contributed by atoms with Gasteiger partial charge in [0.2, 0.25) is 0 Å². The molecule has 2 aromatic carbocycles. The molecule has 0 aromatic heterocycles. The van der Waals surface area contributed by atoms with Crippen LogP contribution in [-0.2, 0) is 0 Å². The Balaban J connectivity index is 2.03. The van der Waals surface area contributed by atoms with Crippen LogP contribution in [-0.4, -0.2) is 10.9 Å². The Bertz CT molecular complexity index is 560. The molecule has 1 N–H and O–H groups in total. The molecule has 1 nitrogen and oxygen atoms in total. The first-order valence-electron chi connectivity index (χ1n) is 5.58. The molecule has 0 spiro atoms. The van der Waals surface area contributed by atoms with Gasteiger partial charge in [0, 0.05) is 21.2 Å². The van der Waals surface area contributed by atoms with Gasteiger partial charge in [-0.25, -0.2) is 8.78 Å². The van der Waals surface area contributed by atoms with E-state index in [9.17, 15) is 13.9 Å². The van der Waals surface area contributed by atoms with Crippen molar-refractivity contribution in [3.8, 4) is 0 Å². The van der Waals surface area contributed by atoms with Crippen molar-refractivity contribution in [3.63, 3.8) is 0 Å². The third-order valence-corrected chi connectivity index (χ3v) is 3.90. The van der Waals surface area contributed by atoms with Gasteiger partial charge in [0.05, 0.1) is 6.10 Å². The number of hydrogen-bond donors (Lipinski definition) is 1. The average Bonchev–Trinajstić information content (AvgIpc) is 2.41. The summed E-state index contributed by atoms with van der Waals surface area (Å²) in [5, 5.41) is 10.5. The summed E-state index contributed by atoms with van der Waals surface area (Å²) in [6.07, 6.45) is -1.06. The molecule has 2 rings (SSSR count). The second-order valence-electron chi connectivity index (χ2n) is 3.92. The molecule has 0 aliphatic heterocycles. The molecule has 0 fully saturated rings. The topological polar surface area (TPSA) is 20.2 Å². The first kappa shape index (κ1) is 14.3. The smallest absolute Gasteiger partial charge is 0.164 e. The van der Waals surface area contributed by atoms with Crippen molar-refractivity contribution in [2.24, 2.45) is 0 Å². The quantitative estimate of drug-likeness (QED) is 0.842. The van der Waals surface area contributed by atoms with Crippen molar-refractivity contribution >= 4 is 23.4 Å². The van der Waals surface area contributed by atoms with Gasteiger partial charge >= 0.3 is 0 Å². The fraction of sp³-hybridized carbons (Fsp3) is 0.143. The Hall–Kier alpha value is -1.10. The number of aliphatic hydroxyl groups is 1. The minimum Gasteiger partial charge on any atom is -0.387 e. The lowest BCUT2D eigenvalue weighted by molar-refractivity contribution is 0.197. The third-order valence-electron chi connectivity index (χ3n) is 2.56. The first-order valence-corrected chi connectivity index (χ1v) is 6.94. The van der Waals surface area contributed by atoms with Gasteiger partial charge in [0.15, 0.2) is 11.6 Å². The zero-order valence-electron chi connectivity index (χ0n) is 9.82. The Morgan fingerprint density at radius 3 is 2.47 bits per heavy atom. The maximum Gasteiger partial charge on any atom is 0.164 e. The Labute approximate surface area is 119 Å². The molecule has 2 aromatic rings. The highest BCUT2D eigenvalue weighted by molar-refractivity contribution is 7.99. The summed E-state index contributed by atoms with van der Waals surface area (Å²) in [4.78, 5) is 0.903. The molecule has 1 atom stereocenters. The maximum absolute atomic E-state index is 13.5. The van der Waals surface area contributed by atoms with Crippen LogP contribution in [0.4, 0.5) is 8.78 Å². The number of hydrogen-bond acceptors (Lipinski definition) is 2. The lowest BCUT2D eigenvalue weighted by atomic mass is 10.1. The van der Waals surface area contributed by atoms with E-state index in [1.807, 2.05) is 12.1 Å². The normalized spacial score (nSPS) is 12.4. The number of aliphatic hydroxyl groups excluding tert-OH is 1. The van der Waals surface area contributed by atoms with Crippen LogP contribution in [0.3, 0.4) is 0 Å². The summed E-state index contributed by atoms with van der Waals surface area (Å²) >= 11 is 7.11. The summed E-state index contributed by atoms with van der Waals surface area (Å²) < 4.78 is 26.5. The van der Waals surface area contributed by atoms with Gasteiger partial charge in [0.25, 0.3) is 0 Å². The third kappa shape index (κ3) is 3.69. The standard InChI is InChI=1S/C14H11ClF2OS/c15-9-4-6-10(7-5-9)19-8-13(18)11-2-1-3-12(16)14(11)17/h1-7,13,18H,8H2. The van der Waals surface area contributed by atoms with Crippen molar-refractivity contribution in [3.05, 3.63) is 64.7 Å². The average molecular weight is 301 g/mol. The summed E-state index contributed by atoms with van der Waals surface area (Å²) in [5.74, 6) is -1.71. The maximum atomic E-state index is 13.5. The van der Waals surface area contributed by atoms with Crippen LogP contribution in [0.25, 0.3) is 0 Å². The van der Waals surface area contributed by atoms with E-state index < -0.39 is 17.7 Å². The highest BCUT2D eigenvalue weighted by Gasteiger charge is 2.15. The molecule has 0 aliphatic carbocycles. The Morgan fingerprint density at radius 2 is 1.79 bits per heavy atom. The first-order chi connectivity index (χ1) is 9.08. The molecule has 5 heteroatoms. The van der Waals surface area contributed by atoms with Crippen LogP contribution in [0.2, 0.25) is 5.02 Å². The number of rotatable bonds is 4. The molecule has 0 saturated heterocycles. The number of thioether (sulfide) groups is 1. The minimum absolute atomic E-state index is 0.0264. The lowest BCUT2D eigenvalue weighted by Crippen LogP contribution is -2.04. The molecule has 19 heavy (non-hydrogen) atoms. The van der Waals surface area contributed by atoms with Crippen molar-refractivity contribution in [2.45, 2.75) is 11.0 Å². The van der Waals surface area contributed by atoms with Gasteiger partial charge in [-0.2, -0.15) is 0 Å². The van der Waals surface area contributed by atoms with Gasteiger partial charge in [-0.15, -0.1) is 11.8 Å². The summed E-state index contributed by atoms with van der Waals surface area (Å²) in [5.41, 5.74) is -0.0264. The van der Waals surface area contributed by atoms with E-state index >= 15 is 0 Å². The molecule has 0 radical (unpaired) electrons. The van der Waals surface area contributed by atoms with Crippen LogP contribution in [0.1, 0.15) is 11.7 Å². The summed E-state index contributed by atoms with van der Waals surface area (Å²) in [6.45, 7) is 0. The van der Waals surface area contributed by atoms with Crippen molar-refractivity contribution in [1.82, 2.24) is 0 Å². The largest absolute Gasteiger partial charge is 0.387 e. The molecule has 100 valence electrons. The van der Waals surface area contributed by atoms with Crippen molar-refractivity contribution in [2.75, 3.05) is 5.75 Å². The second-order valence-corrected chi connectivity index (χ2v) is 5.45. The molecule has 1 unspecified atom stereocenters. The van der Waals surface area contributed by atoms with Gasteiger partial charge < -0.3 is 5.11 Å². The molecular weight excluding hydrogens is 290 g/mol. The molecule has 0 heterocycles. The zero-order chi connectivity index (χ0) is 13.8. The lowest BCUT2D eigenvalue weighted by Gasteiger charge is -2.12. The van der Waals surface area contributed by atoms with E-state index in [0.717, 1.165) is 11.0 Å². The number of benzene rings is 2. The van der Waals surface area contributed by atoms with Gasteiger partial charge in [0.1, 0.15) is 0 Å². The van der Waals surface area contributed by atoms with Crippen LogP contribution < -0.4 is 0 Å². The molecule has 0 saturated carbocycles. The second kappa shape index (κ2) is 6.37. The Morgan fingerprint density at radius 1 is 1.11 bits per heavy atom. The van der Waals surface area contributed by atoms with E-state index in [0.29, 0.717) is 5.02 Å². The Kier molecular flexibility index (Phi) is 4.80. The van der Waals surface area contributed by atoms with E-state index in [1.165, 1.54) is 23.9 Å². The molecular formula is C14H11ClF2OS. The molecule has 0 amide bonds. The van der Waals surface area contributed by atoms with E-state index in [4.69, 9.17) is 11.6 Å². The van der Waals surface area contributed by atoms with Crippen LogP contribution in [0.5, 0.6) is 0 Å². The predicted octanol–water partition coefficient (Wildman–Crippen LogP) is 4.44. The SMILES string of the molecule is OC(CSc1ccc(Cl)cc1)c1cccc(F)c1F. The van der Waals surface area contributed by atoms with Crippen molar-refractivity contribution < 1.29 is 13.9 Å². The van der Waals surface area contributed by atoms with Gasteiger partial charge in [-0.05, 0) is 30.3 Å². The summed E-state index contributed by atoms with van der Waals surface area (Å²) in [6, 6.07) is 10.9. The highest BCUT2D eigenvalue weighted by atomic mass is 35.5. The van der Waals surface area contributed by atoms with Crippen LogP contribution in [0.15, 0.2) is 47.4 Å². The predicted molar refractivity (Wildman–Crippen MR) is 73.5 cm³/mol. The van der Waals surface area contributed by atoms with Gasteiger partial charge in [-0.3, -0.25) is 0 Å². The fourth-order valence-electron chi connectivity index (χ4n) is 1.57. The van der Waals surface area contributed by atoms with E-state index in [2.05, 4.69) is 0 Å². The van der Waals surface area contributed by atoms with E-state index in [-0.39, 0.29) is 11.3 Å². The molecule has 0 bridgehead atoms. The van der Waals surface area contributed by atoms with E-state index in [1.54, 1.807) is 12.1 Å².